The number of hydrogen-bond donors (Lipinski definition) is 0. The fourth-order valence-electron chi connectivity index (χ4n) is 4.05. The average Bonchev–Trinajstić information content (AvgIpc) is 3.13. The van der Waals surface area contributed by atoms with Crippen LogP contribution in [0.4, 0.5) is 5.69 Å². The van der Waals surface area contributed by atoms with Crippen LogP contribution in [-0.2, 0) is 11.3 Å². The van der Waals surface area contributed by atoms with E-state index in [-0.39, 0.29) is 5.97 Å². The maximum atomic E-state index is 12.1. The quantitative estimate of drug-likeness (QED) is 0.567. The molecule has 0 amide bonds. The number of para-hydroxylation sites is 1. The lowest BCUT2D eigenvalue weighted by atomic mass is 10.2. The van der Waals surface area contributed by atoms with Gasteiger partial charge in [0.05, 0.1) is 12.7 Å². The molecule has 0 bridgehead atoms. The monoisotopic (exact) mass is 411 g/mol. The molecule has 2 heterocycles. The molecule has 1 fully saturated rings. The Bertz CT molecular complexity index is 975. The number of hydrogen-bond acceptors (Lipinski definition) is 4. The zero-order chi connectivity index (χ0) is 20.2. The van der Waals surface area contributed by atoms with Gasteiger partial charge in [-0.25, -0.2) is 4.79 Å². The molecular weight excluding hydrogens is 386 g/mol. The highest BCUT2D eigenvalue weighted by Crippen LogP contribution is 2.23. The summed E-state index contributed by atoms with van der Waals surface area (Å²) < 4.78 is 7.11. The number of carbonyl (C=O) groups excluding carboxylic acids is 1. The molecule has 4 rings (SSSR count). The second-order valence-electron chi connectivity index (χ2n) is 7.40. The molecule has 1 aromatic heterocycles. The molecular formula is C23H26ClN3O2. The third kappa shape index (κ3) is 4.41. The lowest BCUT2D eigenvalue weighted by molar-refractivity contribution is 0.0602. The SMILES string of the molecule is COC(=O)c1cn(CCCN2CCN(c3ccc(Cl)cc3)CC2)c2ccccc12. The maximum Gasteiger partial charge on any atom is 0.340 e. The van der Waals surface area contributed by atoms with E-state index >= 15 is 0 Å². The van der Waals surface area contributed by atoms with Gasteiger partial charge in [-0.15, -0.1) is 0 Å². The predicted molar refractivity (Wildman–Crippen MR) is 118 cm³/mol. The maximum absolute atomic E-state index is 12.1. The Morgan fingerprint density at radius 3 is 2.45 bits per heavy atom. The first-order valence-electron chi connectivity index (χ1n) is 10.0. The Hall–Kier alpha value is -2.50. The van der Waals surface area contributed by atoms with Gasteiger partial charge in [-0.05, 0) is 43.3 Å². The smallest absolute Gasteiger partial charge is 0.340 e. The van der Waals surface area contributed by atoms with Crippen molar-refractivity contribution in [2.24, 2.45) is 0 Å². The van der Waals surface area contributed by atoms with Crippen LogP contribution in [0.25, 0.3) is 10.9 Å². The van der Waals surface area contributed by atoms with Gasteiger partial charge in [0.15, 0.2) is 0 Å². The minimum Gasteiger partial charge on any atom is -0.465 e. The third-order valence-electron chi connectivity index (χ3n) is 5.63. The Kier molecular flexibility index (Phi) is 6.07. The molecule has 3 aromatic rings. The van der Waals surface area contributed by atoms with Crippen LogP contribution in [0, 0.1) is 0 Å². The van der Waals surface area contributed by atoms with Crippen molar-refractivity contribution in [2.45, 2.75) is 13.0 Å². The number of aromatic nitrogens is 1. The van der Waals surface area contributed by atoms with Gasteiger partial charge in [0.25, 0.3) is 0 Å². The van der Waals surface area contributed by atoms with Crippen molar-refractivity contribution < 1.29 is 9.53 Å². The van der Waals surface area contributed by atoms with Crippen LogP contribution in [0.1, 0.15) is 16.8 Å². The van der Waals surface area contributed by atoms with Crippen molar-refractivity contribution in [1.82, 2.24) is 9.47 Å². The molecule has 1 saturated heterocycles. The number of fused-ring (bicyclic) bond motifs is 1. The van der Waals surface area contributed by atoms with Gasteiger partial charge >= 0.3 is 5.97 Å². The van der Waals surface area contributed by atoms with E-state index in [0.717, 1.165) is 61.6 Å². The lowest BCUT2D eigenvalue weighted by Crippen LogP contribution is -2.46. The molecule has 2 aromatic carbocycles. The Labute approximate surface area is 176 Å². The summed E-state index contributed by atoms with van der Waals surface area (Å²) in [6.07, 6.45) is 2.97. The zero-order valence-electron chi connectivity index (χ0n) is 16.7. The molecule has 5 nitrogen and oxygen atoms in total. The Morgan fingerprint density at radius 1 is 1.00 bits per heavy atom. The summed E-state index contributed by atoms with van der Waals surface area (Å²) in [5.41, 5.74) is 2.96. The first-order chi connectivity index (χ1) is 14.2. The number of aryl methyl sites for hydroxylation is 1. The number of rotatable bonds is 6. The summed E-state index contributed by atoms with van der Waals surface area (Å²) in [5.74, 6) is -0.279. The molecule has 0 atom stereocenters. The summed E-state index contributed by atoms with van der Waals surface area (Å²) in [5, 5.41) is 1.73. The van der Waals surface area contributed by atoms with Crippen LogP contribution in [-0.4, -0.2) is 55.3 Å². The molecule has 6 heteroatoms. The van der Waals surface area contributed by atoms with E-state index < -0.39 is 0 Å². The molecule has 0 unspecified atom stereocenters. The van der Waals surface area contributed by atoms with Crippen molar-refractivity contribution in [1.29, 1.82) is 0 Å². The van der Waals surface area contributed by atoms with Crippen LogP contribution >= 0.6 is 11.6 Å². The molecule has 0 aliphatic carbocycles. The minimum atomic E-state index is -0.279. The predicted octanol–water partition coefficient (Wildman–Crippen LogP) is 4.29. The van der Waals surface area contributed by atoms with Crippen LogP contribution < -0.4 is 4.90 Å². The van der Waals surface area contributed by atoms with E-state index in [4.69, 9.17) is 16.3 Å². The van der Waals surface area contributed by atoms with E-state index in [1.807, 2.05) is 36.5 Å². The van der Waals surface area contributed by atoms with Crippen molar-refractivity contribution >= 4 is 34.2 Å². The molecule has 29 heavy (non-hydrogen) atoms. The van der Waals surface area contributed by atoms with Gasteiger partial charge in [0, 0.05) is 60.5 Å². The van der Waals surface area contributed by atoms with E-state index in [9.17, 15) is 4.79 Å². The molecule has 0 radical (unpaired) electrons. The van der Waals surface area contributed by atoms with Crippen molar-refractivity contribution in [3.05, 3.63) is 65.3 Å². The van der Waals surface area contributed by atoms with Crippen molar-refractivity contribution in [3.63, 3.8) is 0 Å². The van der Waals surface area contributed by atoms with E-state index in [1.165, 1.54) is 12.8 Å². The fraction of sp³-hybridized carbons (Fsp3) is 0.348. The Balaban J connectivity index is 1.32. The molecule has 0 saturated carbocycles. The number of carbonyl (C=O) groups is 1. The average molecular weight is 412 g/mol. The van der Waals surface area contributed by atoms with Crippen LogP contribution in [0.2, 0.25) is 5.02 Å². The number of esters is 1. The second-order valence-corrected chi connectivity index (χ2v) is 7.84. The zero-order valence-corrected chi connectivity index (χ0v) is 17.4. The van der Waals surface area contributed by atoms with Gasteiger partial charge in [0.2, 0.25) is 0 Å². The first kappa shape index (κ1) is 19.8. The lowest BCUT2D eigenvalue weighted by Gasteiger charge is -2.36. The van der Waals surface area contributed by atoms with Gasteiger partial charge in [-0.3, -0.25) is 4.90 Å². The first-order valence-corrected chi connectivity index (χ1v) is 10.4. The highest BCUT2D eigenvalue weighted by molar-refractivity contribution is 6.30. The third-order valence-corrected chi connectivity index (χ3v) is 5.88. The molecule has 1 aliphatic heterocycles. The summed E-state index contributed by atoms with van der Waals surface area (Å²) >= 11 is 5.99. The number of ether oxygens (including phenoxy) is 1. The highest BCUT2D eigenvalue weighted by Gasteiger charge is 2.18. The van der Waals surface area contributed by atoms with Gasteiger partial charge in [-0.1, -0.05) is 29.8 Å². The molecule has 0 spiro atoms. The largest absolute Gasteiger partial charge is 0.465 e. The summed E-state index contributed by atoms with van der Waals surface area (Å²) in [4.78, 5) is 17.0. The Morgan fingerprint density at radius 2 is 1.72 bits per heavy atom. The van der Waals surface area contributed by atoms with Gasteiger partial charge < -0.3 is 14.2 Å². The standard InChI is InChI=1S/C23H26ClN3O2/c1-29-23(28)21-17-27(22-6-3-2-5-20(21)22)12-4-11-25-13-15-26(16-14-25)19-9-7-18(24)8-10-19/h2-3,5-10,17H,4,11-16H2,1H3. The molecule has 1 aliphatic rings. The molecule has 152 valence electrons. The van der Waals surface area contributed by atoms with Crippen molar-refractivity contribution in [3.8, 4) is 0 Å². The number of halogens is 1. The summed E-state index contributed by atoms with van der Waals surface area (Å²) in [6, 6.07) is 16.1. The van der Waals surface area contributed by atoms with E-state index in [2.05, 4.69) is 32.6 Å². The summed E-state index contributed by atoms with van der Waals surface area (Å²) in [6.45, 7) is 6.11. The van der Waals surface area contributed by atoms with Gasteiger partial charge in [0.1, 0.15) is 0 Å². The molecule has 0 N–H and O–H groups in total. The van der Waals surface area contributed by atoms with Crippen LogP contribution in [0.15, 0.2) is 54.7 Å². The number of methoxy groups -OCH3 is 1. The fourth-order valence-corrected chi connectivity index (χ4v) is 4.18. The second kappa shape index (κ2) is 8.89. The van der Waals surface area contributed by atoms with Gasteiger partial charge in [-0.2, -0.15) is 0 Å². The van der Waals surface area contributed by atoms with E-state index in [1.54, 1.807) is 0 Å². The number of benzene rings is 2. The normalized spacial score (nSPS) is 15.0. The van der Waals surface area contributed by atoms with Crippen LogP contribution in [0.5, 0.6) is 0 Å². The highest BCUT2D eigenvalue weighted by atomic mass is 35.5. The van der Waals surface area contributed by atoms with Crippen LogP contribution in [0.3, 0.4) is 0 Å². The summed E-state index contributed by atoms with van der Waals surface area (Å²) in [7, 11) is 1.43. The topological polar surface area (TPSA) is 37.7 Å². The number of anilines is 1. The number of nitrogens with zero attached hydrogens (tertiary/aromatic N) is 3. The number of piperazine rings is 1. The minimum absolute atomic E-state index is 0.279. The van der Waals surface area contributed by atoms with Crippen molar-refractivity contribution in [2.75, 3.05) is 44.7 Å². The van der Waals surface area contributed by atoms with E-state index in [0.29, 0.717) is 5.56 Å².